The van der Waals surface area contributed by atoms with Crippen LogP contribution in [0.2, 0.25) is 0 Å². The lowest BCUT2D eigenvalue weighted by atomic mass is 9.77. The van der Waals surface area contributed by atoms with Crippen LogP contribution in [0.5, 0.6) is 0 Å². The summed E-state index contributed by atoms with van der Waals surface area (Å²) < 4.78 is 17.1. The van der Waals surface area contributed by atoms with Crippen LogP contribution < -0.4 is 0 Å². The molecule has 0 aliphatic heterocycles. The standard InChI is InChI=1S/C17H36O3/c1-7-9-11-19-12-10-15(3)17(5,13-18-6)14-20-16(4)8-2/h15-16H,7-14H2,1-6H3. The van der Waals surface area contributed by atoms with Crippen molar-refractivity contribution in [3.63, 3.8) is 0 Å². The van der Waals surface area contributed by atoms with Gasteiger partial charge in [0.15, 0.2) is 0 Å². The molecule has 0 rings (SSSR count). The molecule has 0 N–H and O–H groups in total. The zero-order valence-electron chi connectivity index (χ0n) is 14.5. The zero-order chi connectivity index (χ0) is 15.4. The van der Waals surface area contributed by atoms with Crippen molar-refractivity contribution in [2.45, 2.75) is 66.4 Å². The van der Waals surface area contributed by atoms with Crippen LogP contribution in [-0.2, 0) is 14.2 Å². The molecule has 0 aliphatic carbocycles. The molecule has 0 saturated carbocycles. The van der Waals surface area contributed by atoms with Crippen molar-refractivity contribution in [3.8, 4) is 0 Å². The van der Waals surface area contributed by atoms with E-state index in [2.05, 4.69) is 34.6 Å². The lowest BCUT2D eigenvalue weighted by molar-refractivity contribution is -0.0588. The smallest absolute Gasteiger partial charge is 0.0548 e. The van der Waals surface area contributed by atoms with E-state index in [0.717, 1.165) is 45.7 Å². The molecule has 0 heterocycles. The van der Waals surface area contributed by atoms with E-state index in [4.69, 9.17) is 14.2 Å². The minimum absolute atomic E-state index is 0.0618. The highest BCUT2D eigenvalue weighted by atomic mass is 16.5. The highest BCUT2D eigenvalue weighted by Gasteiger charge is 2.32. The molecule has 0 aromatic carbocycles. The van der Waals surface area contributed by atoms with E-state index < -0.39 is 0 Å². The molecule has 0 aromatic rings. The quantitative estimate of drug-likeness (QED) is 0.473. The Balaban J connectivity index is 4.17. The van der Waals surface area contributed by atoms with Gasteiger partial charge in [0.1, 0.15) is 0 Å². The lowest BCUT2D eigenvalue weighted by Gasteiger charge is -2.35. The molecule has 0 aliphatic rings. The molecule has 0 fully saturated rings. The lowest BCUT2D eigenvalue weighted by Crippen LogP contribution is -2.37. The van der Waals surface area contributed by atoms with Gasteiger partial charge in [-0.15, -0.1) is 0 Å². The molecule has 0 aromatic heterocycles. The Kier molecular flexibility index (Phi) is 11.5. The first kappa shape index (κ1) is 19.9. The molecular weight excluding hydrogens is 252 g/mol. The van der Waals surface area contributed by atoms with Gasteiger partial charge in [-0.25, -0.2) is 0 Å². The fourth-order valence-corrected chi connectivity index (χ4v) is 2.06. The largest absolute Gasteiger partial charge is 0.384 e. The number of rotatable bonds is 13. The van der Waals surface area contributed by atoms with E-state index >= 15 is 0 Å². The predicted molar refractivity (Wildman–Crippen MR) is 85.2 cm³/mol. The number of methoxy groups -OCH3 is 1. The Morgan fingerprint density at radius 3 is 2.30 bits per heavy atom. The summed E-state index contributed by atoms with van der Waals surface area (Å²) in [6.45, 7) is 14.2. The molecule has 3 unspecified atom stereocenters. The third-order valence-corrected chi connectivity index (χ3v) is 4.27. The Labute approximate surface area is 126 Å². The Hall–Kier alpha value is -0.120. The van der Waals surface area contributed by atoms with Gasteiger partial charge >= 0.3 is 0 Å². The summed E-state index contributed by atoms with van der Waals surface area (Å²) in [6, 6.07) is 0. The maximum atomic E-state index is 5.95. The van der Waals surface area contributed by atoms with Crippen molar-refractivity contribution in [2.75, 3.05) is 33.5 Å². The van der Waals surface area contributed by atoms with Crippen LogP contribution in [0.15, 0.2) is 0 Å². The number of hydrogen-bond donors (Lipinski definition) is 0. The second-order valence-corrected chi connectivity index (χ2v) is 6.27. The van der Waals surface area contributed by atoms with Crippen molar-refractivity contribution < 1.29 is 14.2 Å². The van der Waals surface area contributed by atoms with Gasteiger partial charge in [0, 0.05) is 25.7 Å². The van der Waals surface area contributed by atoms with Gasteiger partial charge in [0.2, 0.25) is 0 Å². The second kappa shape index (κ2) is 11.5. The van der Waals surface area contributed by atoms with E-state index in [0.29, 0.717) is 12.0 Å². The summed E-state index contributed by atoms with van der Waals surface area (Å²) in [4.78, 5) is 0. The highest BCUT2D eigenvalue weighted by molar-refractivity contribution is 4.80. The molecule has 0 radical (unpaired) electrons. The van der Waals surface area contributed by atoms with Crippen LogP contribution in [-0.4, -0.2) is 39.6 Å². The van der Waals surface area contributed by atoms with E-state index in [9.17, 15) is 0 Å². The van der Waals surface area contributed by atoms with Crippen LogP contribution >= 0.6 is 0 Å². The fraction of sp³-hybridized carbons (Fsp3) is 1.00. The van der Waals surface area contributed by atoms with Gasteiger partial charge < -0.3 is 14.2 Å². The highest BCUT2D eigenvalue weighted by Crippen LogP contribution is 2.31. The number of hydrogen-bond acceptors (Lipinski definition) is 3. The summed E-state index contributed by atoms with van der Waals surface area (Å²) in [5.74, 6) is 0.521. The van der Waals surface area contributed by atoms with Crippen molar-refractivity contribution in [1.82, 2.24) is 0 Å². The van der Waals surface area contributed by atoms with Crippen molar-refractivity contribution in [2.24, 2.45) is 11.3 Å². The minimum Gasteiger partial charge on any atom is -0.384 e. The summed E-state index contributed by atoms with van der Waals surface area (Å²) in [5.41, 5.74) is 0.0618. The van der Waals surface area contributed by atoms with Crippen LogP contribution in [0.25, 0.3) is 0 Å². The van der Waals surface area contributed by atoms with Gasteiger partial charge in [-0.05, 0) is 32.1 Å². The molecule has 0 spiro atoms. The first-order chi connectivity index (χ1) is 9.50. The molecule has 122 valence electrons. The average Bonchev–Trinajstić information content (AvgIpc) is 2.44. The Morgan fingerprint density at radius 2 is 1.75 bits per heavy atom. The summed E-state index contributed by atoms with van der Waals surface area (Å²) in [5, 5.41) is 0. The Bertz CT molecular complexity index is 220. The van der Waals surface area contributed by atoms with Gasteiger partial charge in [-0.2, -0.15) is 0 Å². The van der Waals surface area contributed by atoms with Gasteiger partial charge in [0.25, 0.3) is 0 Å². The monoisotopic (exact) mass is 288 g/mol. The zero-order valence-corrected chi connectivity index (χ0v) is 14.5. The molecule has 20 heavy (non-hydrogen) atoms. The van der Waals surface area contributed by atoms with Gasteiger partial charge in [0.05, 0.1) is 19.3 Å². The maximum absolute atomic E-state index is 5.95. The number of unbranched alkanes of at least 4 members (excludes halogenated alkanes) is 1. The SMILES string of the molecule is CCCCOCCC(C)C(C)(COC)COC(C)CC. The van der Waals surface area contributed by atoms with Crippen molar-refractivity contribution >= 4 is 0 Å². The summed E-state index contributed by atoms with van der Waals surface area (Å²) in [6.07, 6.45) is 4.78. The summed E-state index contributed by atoms with van der Waals surface area (Å²) in [7, 11) is 1.77. The second-order valence-electron chi connectivity index (χ2n) is 6.27. The average molecular weight is 288 g/mol. The van der Waals surface area contributed by atoms with E-state index in [1.54, 1.807) is 7.11 Å². The third kappa shape index (κ3) is 8.23. The summed E-state index contributed by atoms with van der Waals surface area (Å²) >= 11 is 0. The van der Waals surface area contributed by atoms with Crippen LogP contribution in [0, 0.1) is 11.3 Å². The maximum Gasteiger partial charge on any atom is 0.0548 e. The molecule has 3 nitrogen and oxygen atoms in total. The minimum atomic E-state index is 0.0618. The Morgan fingerprint density at radius 1 is 1.05 bits per heavy atom. The molecule has 0 saturated heterocycles. The third-order valence-electron chi connectivity index (χ3n) is 4.27. The number of ether oxygens (including phenoxy) is 3. The molecule has 0 amide bonds. The normalized spacial score (nSPS) is 17.7. The van der Waals surface area contributed by atoms with E-state index in [1.807, 2.05) is 0 Å². The van der Waals surface area contributed by atoms with E-state index in [-0.39, 0.29) is 5.41 Å². The van der Waals surface area contributed by atoms with Crippen LogP contribution in [0.3, 0.4) is 0 Å². The van der Waals surface area contributed by atoms with Crippen molar-refractivity contribution in [3.05, 3.63) is 0 Å². The van der Waals surface area contributed by atoms with Crippen LogP contribution in [0.1, 0.15) is 60.3 Å². The van der Waals surface area contributed by atoms with Gasteiger partial charge in [-0.1, -0.05) is 34.1 Å². The first-order valence-electron chi connectivity index (χ1n) is 8.18. The van der Waals surface area contributed by atoms with E-state index in [1.165, 1.54) is 6.42 Å². The molecule has 3 heteroatoms. The predicted octanol–water partition coefficient (Wildman–Crippen LogP) is 4.30. The molecular formula is C17H36O3. The molecule has 0 bridgehead atoms. The van der Waals surface area contributed by atoms with Crippen molar-refractivity contribution in [1.29, 1.82) is 0 Å². The topological polar surface area (TPSA) is 27.7 Å². The molecule has 3 atom stereocenters. The van der Waals surface area contributed by atoms with Gasteiger partial charge in [-0.3, -0.25) is 0 Å². The van der Waals surface area contributed by atoms with Crippen LogP contribution in [0.4, 0.5) is 0 Å². The first-order valence-corrected chi connectivity index (χ1v) is 8.18. The fourth-order valence-electron chi connectivity index (χ4n) is 2.06.